The Morgan fingerprint density at radius 2 is 1.76 bits per heavy atom. The molecule has 7 heteroatoms. The molecule has 29 heavy (non-hydrogen) atoms. The molecule has 6 nitrogen and oxygen atoms in total. The number of aromatic nitrogens is 2. The predicted octanol–water partition coefficient (Wildman–Crippen LogP) is 3.88. The summed E-state index contributed by atoms with van der Waals surface area (Å²) in [5.41, 5.74) is 2.46. The molecule has 1 fully saturated rings. The highest BCUT2D eigenvalue weighted by atomic mass is 79.9. The van der Waals surface area contributed by atoms with Crippen LogP contribution < -0.4 is 9.64 Å². The van der Waals surface area contributed by atoms with Gasteiger partial charge < -0.3 is 14.5 Å². The van der Waals surface area contributed by atoms with Crippen molar-refractivity contribution >= 4 is 27.7 Å². The summed E-state index contributed by atoms with van der Waals surface area (Å²) in [6, 6.07) is 19.2. The Balaban J connectivity index is 1.41. The molecular formula is C22H21BrN4O2. The normalized spacial score (nSPS) is 14.0. The van der Waals surface area contributed by atoms with Gasteiger partial charge in [-0.1, -0.05) is 24.3 Å². The third-order valence-electron chi connectivity index (χ3n) is 5.01. The van der Waals surface area contributed by atoms with Crippen molar-refractivity contribution < 1.29 is 9.53 Å². The van der Waals surface area contributed by atoms with Crippen molar-refractivity contribution in [2.24, 2.45) is 0 Å². The number of piperazine rings is 1. The smallest absolute Gasteiger partial charge is 0.255 e. The number of carbonyl (C=O) groups is 1. The summed E-state index contributed by atoms with van der Waals surface area (Å²) in [5.74, 6) is 1.67. The molecular weight excluding hydrogens is 432 g/mol. The minimum absolute atomic E-state index is 0.0524. The van der Waals surface area contributed by atoms with E-state index in [0.717, 1.165) is 40.4 Å². The fourth-order valence-electron chi connectivity index (χ4n) is 3.37. The number of amides is 1. The Bertz CT molecular complexity index is 1000. The van der Waals surface area contributed by atoms with Gasteiger partial charge in [-0.3, -0.25) is 4.79 Å². The zero-order valence-electron chi connectivity index (χ0n) is 16.1. The molecule has 2 aromatic carbocycles. The lowest BCUT2D eigenvalue weighted by Gasteiger charge is -2.35. The number of methoxy groups -OCH3 is 1. The first-order chi connectivity index (χ1) is 14.2. The van der Waals surface area contributed by atoms with E-state index in [1.807, 2.05) is 65.6 Å². The molecule has 1 amide bonds. The van der Waals surface area contributed by atoms with Gasteiger partial charge in [0.2, 0.25) is 0 Å². The molecule has 0 unspecified atom stereocenters. The Morgan fingerprint density at radius 1 is 0.966 bits per heavy atom. The fraction of sp³-hybridized carbons (Fsp3) is 0.227. The number of carbonyl (C=O) groups excluding carboxylic acids is 1. The Kier molecular flexibility index (Phi) is 5.76. The molecule has 0 saturated carbocycles. The minimum atomic E-state index is 0.0524. The van der Waals surface area contributed by atoms with Crippen LogP contribution in [0.25, 0.3) is 11.3 Å². The maximum Gasteiger partial charge on any atom is 0.255 e. The third-order valence-corrected chi connectivity index (χ3v) is 5.70. The van der Waals surface area contributed by atoms with Crippen LogP contribution in [0.4, 0.5) is 5.82 Å². The van der Waals surface area contributed by atoms with Crippen LogP contribution >= 0.6 is 15.9 Å². The van der Waals surface area contributed by atoms with E-state index in [1.54, 1.807) is 7.11 Å². The number of rotatable bonds is 4. The molecule has 1 saturated heterocycles. The van der Waals surface area contributed by atoms with Crippen LogP contribution in [0.1, 0.15) is 10.4 Å². The van der Waals surface area contributed by atoms with Crippen LogP contribution in [0.5, 0.6) is 5.75 Å². The highest BCUT2D eigenvalue weighted by Gasteiger charge is 2.24. The van der Waals surface area contributed by atoms with Crippen molar-refractivity contribution in [1.29, 1.82) is 0 Å². The second-order valence-corrected chi connectivity index (χ2v) is 7.62. The molecule has 2 heterocycles. The van der Waals surface area contributed by atoms with Crippen LogP contribution in [-0.2, 0) is 0 Å². The lowest BCUT2D eigenvalue weighted by Crippen LogP contribution is -2.49. The summed E-state index contributed by atoms with van der Waals surface area (Å²) >= 11 is 3.46. The SMILES string of the molecule is COc1cccc(-c2ccc(N3CCN(C(=O)c4ccccc4Br)CC3)nn2)c1. The monoisotopic (exact) mass is 452 g/mol. The fourth-order valence-corrected chi connectivity index (χ4v) is 3.83. The van der Waals surface area contributed by atoms with E-state index < -0.39 is 0 Å². The van der Waals surface area contributed by atoms with E-state index >= 15 is 0 Å². The Hall–Kier alpha value is -2.93. The van der Waals surface area contributed by atoms with Crippen molar-refractivity contribution in [3.8, 4) is 17.0 Å². The zero-order valence-corrected chi connectivity index (χ0v) is 17.7. The van der Waals surface area contributed by atoms with Crippen LogP contribution in [-0.4, -0.2) is 54.3 Å². The predicted molar refractivity (Wildman–Crippen MR) is 116 cm³/mol. The third kappa shape index (κ3) is 4.24. The van der Waals surface area contributed by atoms with Gasteiger partial charge in [0.25, 0.3) is 5.91 Å². The summed E-state index contributed by atoms with van der Waals surface area (Å²) in [7, 11) is 1.65. The average molecular weight is 453 g/mol. The number of halogens is 1. The Labute approximate surface area is 178 Å². The molecule has 4 rings (SSSR count). The van der Waals surface area contributed by atoms with Crippen LogP contribution in [0.2, 0.25) is 0 Å². The molecule has 1 aliphatic heterocycles. The molecule has 148 valence electrons. The van der Waals surface area contributed by atoms with Gasteiger partial charge in [-0.25, -0.2) is 0 Å². The number of benzene rings is 2. The van der Waals surface area contributed by atoms with Crippen LogP contribution in [0, 0.1) is 0 Å². The van der Waals surface area contributed by atoms with Gasteiger partial charge in [-0.15, -0.1) is 10.2 Å². The molecule has 0 aliphatic carbocycles. The quantitative estimate of drug-likeness (QED) is 0.600. The largest absolute Gasteiger partial charge is 0.497 e. The number of anilines is 1. The number of hydrogen-bond acceptors (Lipinski definition) is 5. The standard InChI is InChI=1S/C22H21BrN4O2/c1-29-17-6-4-5-16(15-17)20-9-10-21(25-24-20)26-11-13-27(14-12-26)22(28)18-7-2-3-8-19(18)23/h2-10,15H,11-14H2,1H3. The van der Waals surface area contributed by atoms with Gasteiger partial charge in [0.15, 0.2) is 5.82 Å². The summed E-state index contributed by atoms with van der Waals surface area (Å²) in [5, 5.41) is 8.78. The molecule has 3 aromatic rings. The minimum Gasteiger partial charge on any atom is -0.497 e. The van der Waals surface area contributed by atoms with Crippen LogP contribution in [0.15, 0.2) is 65.1 Å². The zero-order chi connectivity index (χ0) is 20.2. The van der Waals surface area contributed by atoms with Crippen LogP contribution in [0.3, 0.4) is 0 Å². The summed E-state index contributed by atoms with van der Waals surface area (Å²) in [4.78, 5) is 16.8. The first-order valence-electron chi connectivity index (χ1n) is 9.42. The van der Waals surface area contributed by atoms with E-state index in [0.29, 0.717) is 18.7 Å². The summed E-state index contributed by atoms with van der Waals surface area (Å²) in [6.45, 7) is 2.76. The maximum atomic E-state index is 12.8. The molecule has 1 aliphatic rings. The number of hydrogen-bond donors (Lipinski definition) is 0. The second kappa shape index (κ2) is 8.61. The molecule has 0 bridgehead atoms. The number of nitrogens with zero attached hydrogens (tertiary/aromatic N) is 4. The van der Waals surface area contributed by atoms with Crippen molar-refractivity contribution in [1.82, 2.24) is 15.1 Å². The van der Waals surface area contributed by atoms with E-state index in [4.69, 9.17) is 4.74 Å². The lowest BCUT2D eigenvalue weighted by molar-refractivity contribution is 0.0745. The molecule has 1 aromatic heterocycles. The van der Waals surface area contributed by atoms with Crippen molar-refractivity contribution in [2.75, 3.05) is 38.2 Å². The van der Waals surface area contributed by atoms with Gasteiger partial charge in [-0.05, 0) is 52.3 Å². The summed E-state index contributed by atoms with van der Waals surface area (Å²) in [6.07, 6.45) is 0. The van der Waals surface area contributed by atoms with Crippen molar-refractivity contribution in [3.63, 3.8) is 0 Å². The van der Waals surface area contributed by atoms with Crippen molar-refractivity contribution in [3.05, 3.63) is 70.7 Å². The topological polar surface area (TPSA) is 58.6 Å². The van der Waals surface area contributed by atoms with Crippen molar-refractivity contribution in [2.45, 2.75) is 0 Å². The van der Waals surface area contributed by atoms with Gasteiger partial charge in [0.05, 0.1) is 18.4 Å². The highest BCUT2D eigenvalue weighted by molar-refractivity contribution is 9.10. The lowest BCUT2D eigenvalue weighted by atomic mass is 10.1. The van der Waals surface area contributed by atoms with Gasteiger partial charge in [0, 0.05) is 36.2 Å². The summed E-state index contributed by atoms with van der Waals surface area (Å²) < 4.78 is 6.10. The maximum absolute atomic E-state index is 12.8. The van der Waals surface area contributed by atoms with Gasteiger partial charge in [0.1, 0.15) is 5.75 Å². The average Bonchev–Trinajstić information content (AvgIpc) is 2.79. The van der Waals surface area contributed by atoms with E-state index in [-0.39, 0.29) is 5.91 Å². The Morgan fingerprint density at radius 3 is 2.45 bits per heavy atom. The molecule has 0 atom stereocenters. The number of ether oxygens (including phenoxy) is 1. The van der Waals surface area contributed by atoms with E-state index in [1.165, 1.54) is 0 Å². The van der Waals surface area contributed by atoms with Gasteiger partial charge >= 0.3 is 0 Å². The van der Waals surface area contributed by atoms with E-state index in [9.17, 15) is 4.79 Å². The van der Waals surface area contributed by atoms with Gasteiger partial charge in [-0.2, -0.15) is 0 Å². The van der Waals surface area contributed by atoms with E-state index in [2.05, 4.69) is 31.0 Å². The molecule has 0 N–H and O–H groups in total. The highest BCUT2D eigenvalue weighted by Crippen LogP contribution is 2.24. The molecule has 0 radical (unpaired) electrons. The molecule has 0 spiro atoms. The first kappa shape index (κ1) is 19.4. The second-order valence-electron chi connectivity index (χ2n) is 6.77. The first-order valence-corrected chi connectivity index (χ1v) is 10.2.